The van der Waals surface area contributed by atoms with Crippen molar-refractivity contribution < 1.29 is 38.9 Å². The molecule has 1 saturated heterocycles. The van der Waals surface area contributed by atoms with Gasteiger partial charge in [-0.05, 0) is 93.3 Å². The number of phenols is 1. The molecule has 4 rings (SSSR count). The minimum Gasteiger partial charge on any atom is -0.508 e. The second-order valence-electron chi connectivity index (χ2n) is 16.3. The van der Waals surface area contributed by atoms with Crippen molar-refractivity contribution in [2.24, 2.45) is 23.7 Å². The Labute approximate surface area is 346 Å². The van der Waals surface area contributed by atoms with Gasteiger partial charge in [-0.1, -0.05) is 60.1 Å². The van der Waals surface area contributed by atoms with Gasteiger partial charge in [0.05, 0.1) is 11.8 Å². The quantitative estimate of drug-likeness (QED) is 0.0598. The van der Waals surface area contributed by atoms with Crippen LogP contribution in [0.25, 0.3) is 0 Å². The number of aliphatic carboxylic acids is 1. The van der Waals surface area contributed by atoms with Crippen LogP contribution >= 0.6 is 23.1 Å². The number of hydrogen-bond acceptors (Lipinski definition) is 11. The van der Waals surface area contributed by atoms with E-state index < -0.39 is 53.5 Å². The van der Waals surface area contributed by atoms with Crippen LogP contribution in [0.3, 0.4) is 0 Å². The number of likely N-dealkylation sites (N-methyl/N-ethyl adjacent to an activating group) is 1. The van der Waals surface area contributed by atoms with E-state index in [-0.39, 0.29) is 47.9 Å². The molecule has 8 atom stereocenters. The number of likely N-dealkylation sites (tertiary alicyclic amines) is 1. The molecule has 2 aromatic rings. The van der Waals surface area contributed by atoms with Crippen molar-refractivity contribution in [3.8, 4) is 5.75 Å². The van der Waals surface area contributed by atoms with Crippen LogP contribution in [-0.2, 0) is 30.3 Å². The number of aromatic hydroxyl groups is 1. The smallest absolute Gasteiger partial charge is 0.306 e. The zero-order chi connectivity index (χ0) is 42.0. The number of nitrogens with zero attached hydrogens (tertiary/aromatic N) is 3. The van der Waals surface area contributed by atoms with Crippen molar-refractivity contribution in [1.29, 1.82) is 0 Å². The Morgan fingerprint density at radius 3 is 2.39 bits per heavy atom. The normalized spacial score (nSPS) is 21.0. The van der Waals surface area contributed by atoms with Crippen molar-refractivity contribution in [2.75, 3.05) is 25.2 Å². The van der Waals surface area contributed by atoms with E-state index in [0.29, 0.717) is 29.6 Å². The predicted octanol–water partition coefficient (Wildman–Crippen LogP) is 6.26. The van der Waals surface area contributed by atoms with Crippen LogP contribution in [0.1, 0.15) is 121 Å². The first-order valence-corrected chi connectivity index (χ1v) is 22.4. The number of hydrogen-bond donors (Lipinski definition) is 4. The number of nitrogens with one attached hydrogen (secondary N) is 2. The van der Waals surface area contributed by atoms with Gasteiger partial charge >= 0.3 is 11.9 Å². The second kappa shape index (κ2) is 20.8. The fourth-order valence-electron chi connectivity index (χ4n) is 7.92. The topological polar surface area (TPSA) is 178 Å². The zero-order valence-electron chi connectivity index (χ0n) is 34.8. The number of thioether (sulfide) groups is 1. The molecule has 0 radical (unpaired) electrons. The Kier molecular flexibility index (Phi) is 16.8. The summed E-state index contributed by atoms with van der Waals surface area (Å²) in [5, 5.41) is 27.5. The van der Waals surface area contributed by atoms with E-state index in [4.69, 9.17) is 4.74 Å². The molecule has 1 aromatic carbocycles. The van der Waals surface area contributed by atoms with E-state index in [0.717, 1.165) is 43.5 Å². The summed E-state index contributed by atoms with van der Waals surface area (Å²) in [4.78, 5) is 75.5. The average Bonchev–Trinajstić information content (AvgIpc) is 3.73. The Balaban J connectivity index is 1.59. The molecular weight excluding hydrogens is 767 g/mol. The third-order valence-corrected chi connectivity index (χ3v) is 13.7. The van der Waals surface area contributed by atoms with Crippen LogP contribution in [0.15, 0.2) is 29.6 Å². The van der Waals surface area contributed by atoms with Gasteiger partial charge in [0.25, 0.3) is 5.91 Å². The van der Waals surface area contributed by atoms with Gasteiger partial charge < -0.3 is 30.5 Å². The molecule has 1 aliphatic carbocycles. The first-order chi connectivity index (χ1) is 27.0. The molecule has 3 amide bonds. The number of carbonyl (C=O) groups is 5. The number of fused-ring (bicyclic) bond motifs is 1. The van der Waals surface area contributed by atoms with E-state index in [1.54, 1.807) is 36.2 Å². The summed E-state index contributed by atoms with van der Waals surface area (Å²) in [5.74, 6) is -1.55. The number of ether oxygens (including phenoxy) is 1. The molecule has 316 valence electrons. The number of carboxylic acids is 1. The van der Waals surface area contributed by atoms with Gasteiger partial charge in [0.15, 0.2) is 6.10 Å². The van der Waals surface area contributed by atoms with Gasteiger partial charge in [-0.15, -0.1) is 23.1 Å². The number of esters is 1. The summed E-state index contributed by atoms with van der Waals surface area (Å²) in [6.07, 6.45) is 4.35. The molecule has 13 nitrogen and oxygen atoms in total. The number of amides is 3. The Morgan fingerprint density at radius 1 is 1.09 bits per heavy atom. The minimum absolute atomic E-state index is 0.0713. The number of carbonyl (C=O) groups excluding carboxylic acids is 4. The number of piperidine rings is 1. The number of rotatable bonds is 22. The summed E-state index contributed by atoms with van der Waals surface area (Å²) in [7, 11) is 2.00. The molecule has 2 fully saturated rings. The molecule has 3 unspecified atom stereocenters. The summed E-state index contributed by atoms with van der Waals surface area (Å²) in [5.41, 5.74) is 0.357. The molecule has 0 spiro atoms. The Bertz CT molecular complexity index is 1690. The van der Waals surface area contributed by atoms with E-state index in [1.807, 2.05) is 39.6 Å². The lowest BCUT2D eigenvalue weighted by atomic mass is 9.92. The Morgan fingerprint density at radius 2 is 1.79 bits per heavy atom. The van der Waals surface area contributed by atoms with Crippen LogP contribution in [0.5, 0.6) is 5.75 Å². The van der Waals surface area contributed by atoms with E-state index in [1.165, 1.54) is 30.4 Å². The van der Waals surface area contributed by atoms with Crippen LogP contribution in [0.2, 0.25) is 0 Å². The van der Waals surface area contributed by atoms with E-state index >= 15 is 0 Å². The summed E-state index contributed by atoms with van der Waals surface area (Å²) < 4.78 is 5.89. The third-order valence-electron chi connectivity index (χ3n) is 11.6. The lowest BCUT2D eigenvalue weighted by molar-refractivity contribution is -0.149. The third kappa shape index (κ3) is 11.9. The maximum Gasteiger partial charge on any atom is 0.306 e. The molecule has 1 saturated carbocycles. The molecule has 15 heteroatoms. The van der Waals surface area contributed by atoms with Crippen LogP contribution < -0.4 is 10.6 Å². The molecule has 57 heavy (non-hydrogen) atoms. The van der Waals surface area contributed by atoms with Crippen LogP contribution in [-0.4, -0.2) is 104 Å². The van der Waals surface area contributed by atoms with Gasteiger partial charge in [0, 0.05) is 30.8 Å². The van der Waals surface area contributed by atoms with Gasteiger partial charge in [-0.25, -0.2) is 4.98 Å². The molecule has 2 heterocycles. The highest BCUT2D eigenvalue weighted by Crippen LogP contribution is 2.53. The number of aromatic nitrogens is 1. The van der Waals surface area contributed by atoms with Gasteiger partial charge in [-0.2, -0.15) is 0 Å². The van der Waals surface area contributed by atoms with Crippen molar-refractivity contribution in [3.05, 3.63) is 45.9 Å². The lowest BCUT2D eigenvalue weighted by Gasteiger charge is -2.40. The van der Waals surface area contributed by atoms with Gasteiger partial charge in [0.2, 0.25) is 11.8 Å². The maximum absolute atomic E-state index is 14.9. The fraction of sp³-hybridized carbons (Fsp3) is 0.667. The first kappa shape index (κ1) is 46.0. The predicted molar refractivity (Wildman–Crippen MR) is 223 cm³/mol. The number of phenolic OH excluding ortho intramolecular Hbond substituents is 1. The monoisotopic (exact) mass is 829 g/mol. The zero-order valence-corrected chi connectivity index (χ0v) is 36.4. The largest absolute Gasteiger partial charge is 0.508 e. The molecule has 4 N–H and O–H groups in total. The summed E-state index contributed by atoms with van der Waals surface area (Å²) >= 11 is 2.82. The highest BCUT2D eigenvalue weighted by molar-refractivity contribution is 7.99. The van der Waals surface area contributed by atoms with Crippen molar-refractivity contribution >= 4 is 52.8 Å². The maximum atomic E-state index is 14.9. The Hall–Kier alpha value is -3.69. The summed E-state index contributed by atoms with van der Waals surface area (Å²) in [6, 6.07) is 4.83. The lowest BCUT2D eigenvalue weighted by Crippen LogP contribution is -2.60. The van der Waals surface area contributed by atoms with Gasteiger partial charge in [-0.3, -0.25) is 28.9 Å². The molecular formula is C42H63N5O8S2. The highest BCUT2D eigenvalue weighted by atomic mass is 32.2. The molecule has 0 bridgehead atoms. The standard InChI is InChI=1S/C42H63N5O8S2/c1-9-18-56-24-47(39(51)36(26(5)10-2)45-41(54)42-22-30(42)12-11-17-46(42)8)34(25(3)4)21-35(55-28(7)48)38-44-33(23-57-38)37(50)43-31(19-27(6)40(52)53)20-29-13-15-32(49)16-14-29/h13-16,23,25-27,30-31,34-36,49H,9-12,17-22,24H2,1-8H3,(H,43,50)(H,45,54)(H,52,53)/t26?,27-,30?,31+,34+,35+,36-,42?/m0/s1. The average molecular weight is 830 g/mol. The molecule has 1 aromatic heterocycles. The molecule has 1 aliphatic heterocycles. The number of benzene rings is 1. The van der Waals surface area contributed by atoms with Crippen molar-refractivity contribution in [2.45, 2.75) is 130 Å². The second-order valence-corrected chi connectivity index (χ2v) is 18.3. The van der Waals surface area contributed by atoms with Crippen molar-refractivity contribution in [3.63, 3.8) is 0 Å². The highest BCUT2D eigenvalue weighted by Gasteiger charge is 2.64. The van der Waals surface area contributed by atoms with Gasteiger partial charge in [0.1, 0.15) is 28.0 Å². The molecule has 2 aliphatic rings. The minimum atomic E-state index is -0.980. The number of carboxylic acid groups (broad SMARTS) is 1. The number of thiazole rings is 1. The van der Waals surface area contributed by atoms with E-state index in [9.17, 15) is 34.2 Å². The SMILES string of the molecule is CCCSCN(C(=O)[C@@H](NC(=O)C12CC1CCCN2C)C(C)CC)[C@H](C[C@@H](OC(C)=O)c1nc(C(=O)N[C@@H](Cc2ccc(O)cc2)C[C@H](C)C(=O)O)cs1)C(C)C. The van der Waals surface area contributed by atoms with E-state index in [2.05, 4.69) is 27.4 Å². The first-order valence-electron chi connectivity index (χ1n) is 20.4. The fourth-order valence-corrected chi connectivity index (χ4v) is 9.70. The van der Waals surface area contributed by atoms with Crippen molar-refractivity contribution in [1.82, 2.24) is 25.4 Å². The summed E-state index contributed by atoms with van der Waals surface area (Å²) in [6.45, 7) is 13.9. The van der Waals surface area contributed by atoms with Crippen LogP contribution in [0.4, 0.5) is 0 Å². The van der Waals surface area contributed by atoms with Crippen LogP contribution in [0, 0.1) is 23.7 Å².